The molecule has 1 heterocycles. The standard InChI is InChI=1S/C12H18N2OS/c1-9-6-7-11(16-9)8-13-12(15)14-10-4-2-3-5-10/h6-7,10H,2-5,8H2,1H3,(H2,13,14,15). The van der Waals surface area contributed by atoms with Gasteiger partial charge in [-0.2, -0.15) is 0 Å². The van der Waals surface area contributed by atoms with E-state index < -0.39 is 0 Å². The van der Waals surface area contributed by atoms with Crippen LogP contribution in [0.3, 0.4) is 0 Å². The lowest BCUT2D eigenvalue weighted by molar-refractivity contribution is 0.237. The fraction of sp³-hybridized carbons (Fsp3) is 0.583. The lowest BCUT2D eigenvalue weighted by atomic mass is 10.2. The SMILES string of the molecule is Cc1ccc(CNC(=O)NC2CCCC2)s1. The van der Waals surface area contributed by atoms with Crippen molar-refractivity contribution < 1.29 is 4.79 Å². The van der Waals surface area contributed by atoms with Crippen LogP contribution < -0.4 is 10.6 Å². The van der Waals surface area contributed by atoms with Crippen molar-refractivity contribution in [2.45, 2.75) is 45.2 Å². The van der Waals surface area contributed by atoms with Crippen molar-refractivity contribution in [3.63, 3.8) is 0 Å². The average molecular weight is 238 g/mol. The molecule has 0 atom stereocenters. The second-order valence-corrected chi connectivity index (χ2v) is 5.69. The molecule has 0 unspecified atom stereocenters. The summed E-state index contributed by atoms with van der Waals surface area (Å²) in [5.74, 6) is 0. The van der Waals surface area contributed by atoms with Crippen LogP contribution in [0.5, 0.6) is 0 Å². The van der Waals surface area contributed by atoms with Crippen LogP contribution in [0, 0.1) is 6.92 Å². The fourth-order valence-electron chi connectivity index (χ4n) is 2.05. The number of rotatable bonds is 3. The summed E-state index contributed by atoms with van der Waals surface area (Å²) < 4.78 is 0. The van der Waals surface area contributed by atoms with Gasteiger partial charge in [0.15, 0.2) is 0 Å². The highest BCUT2D eigenvalue weighted by atomic mass is 32.1. The van der Waals surface area contributed by atoms with Crippen LogP contribution in [0.25, 0.3) is 0 Å². The van der Waals surface area contributed by atoms with Crippen molar-refractivity contribution in [2.24, 2.45) is 0 Å². The number of nitrogens with one attached hydrogen (secondary N) is 2. The first kappa shape index (κ1) is 11.5. The van der Waals surface area contributed by atoms with Crippen LogP contribution >= 0.6 is 11.3 Å². The Hall–Kier alpha value is -1.03. The molecule has 0 aromatic carbocycles. The molecule has 1 aliphatic carbocycles. The van der Waals surface area contributed by atoms with Gasteiger partial charge < -0.3 is 10.6 Å². The zero-order chi connectivity index (χ0) is 11.4. The molecule has 2 rings (SSSR count). The van der Waals surface area contributed by atoms with Gasteiger partial charge in [-0.15, -0.1) is 11.3 Å². The van der Waals surface area contributed by atoms with Gasteiger partial charge in [0.2, 0.25) is 0 Å². The number of carbonyl (C=O) groups excluding carboxylic acids is 1. The summed E-state index contributed by atoms with van der Waals surface area (Å²) in [6, 6.07) is 4.51. The molecule has 16 heavy (non-hydrogen) atoms. The molecule has 1 aromatic heterocycles. The Balaban J connectivity index is 1.71. The summed E-state index contributed by atoms with van der Waals surface area (Å²) in [5, 5.41) is 5.91. The molecule has 2 amide bonds. The summed E-state index contributed by atoms with van der Waals surface area (Å²) in [7, 11) is 0. The van der Waals surface area contributed by atoms with Crippen LogP contribution in [0.2, 0.25) is 0 Å². The van der Waals surface area contributed by atoms with Crippen molar-refractivity contribution in [1.29, 1.82) is 0 Å². The predicted molar refractivity (Wildman–Crippen MR) is 66.7 cm³/mol. The molecule has 0 spiro atoms. The maximum Gasteiger partial charge on any atom is 0.315 e. The summed E-state index contributed by atoms with van der Waals surface area (Å²) >= 11 is 1.73. The van der Waals surface area contributed by atoms with Gasteiger partial charge in [-0.1, -0.05) is 12.8 Å². The van der Waals surface area contributed by atoms with E-state index in [1.165, 1.54) is 22.6 Å². The Bertz CT molecular complexity index is 356. The van der Waals surface area contributed by atoms with Gasteiger partial charge in [-0.05, 0) is 31.9 Å². The molecule has 1 saturated carbocycles. The first-order valence-electron chi connectivity index (χ1n) is 5.84. The van der Waals surface area contributed by atoms with Crippen LogP contribution in [-0.4, -0.2) is 12.1 Å². The van der Waals surface area contributed by atoms with E-state index >= 15 is 0 Å². The van der Waals surface area contributed by atoms with Crippen LogP contribution in [-0.2, 0) is 6.54 Å². The average Bonchev–Trinajstić information content (AvgIpc) is 2.87. The van der Waals surface area contributed by atoms with Gasteiger partial charge in [-0.25, -0.2) is 4.79 Å². The van der Waals surface area contributed by atoms with E-state index in [-0.39, 0.29) is 6.03 Å². The Morgan fingerprint density at radius 3 is 2.81 bits per heavy atom. The van der Waals surface area contributed by atoms with Crippen molar-refractivity contribution >= 4 is 17.4 Å². The highest BCUT2D eigenvalue weighted by molar-refractivity contribution is 7.11. The van der Waals surface area contributed by atoms with Crippen molar-refractivity contribution in [3.05, 3.63) is 21.9 Å². The first-order chi connectivity index (χ1) is 7.74. The van der Waals surface area contributed by atoms with Crippen LogP contribution in [0.1, 0.15) is 35.4 Å². The number of urea groups is 1. The van der Waals surface area contributed by atoms with Gasteiger partial charge in [0.05, 0.1) is 6.54 Å². The molecule has 0 bridgehead atoms. The molecular weight excluding hydrogens is 220 g/mol. The molecule has 1 aromatic rings. The Labute approximate surface area is 100 Å². The molecular formula is C12H18N2OS. The molecule has 1 fully saturated rings. The third kappa shape index (κ3) is 3.23. The van der Waals surface area contributed by atoms with Crippen molar-refractivity contribution in [2.75, 3.05) is 0 Å². The maximum atomic E-state index is 11.6. The zero-order valence-electron chi connectivity index (χ0n) is 9.58. The normalized spacial score (nSPS) is 16.3. The summed E-state index contributed by atoms with van der Waals surface area (Å²) in [6.07, 6.45) is 4.75. The number of hydrogen-bond acceptors (Lipinski definition) is 2. The third-order valence-electron chi connectivity index (χ3n) is 2.91. The van der Waals surface area contributed by atoms with E-state index in [1.54, 1.807) is 11.3 Å². The largest absolute Gasteiger partial charge is 0.335 e. The summed E-state index contributed by atoms with van der Waals surface area (Å²) in [4.78, 5) is 14.1. The summed E-state index contributed by atoms with van der Waals surface area (Å²) in [6.45, 7) is 2.71. The lowest BCUT2D eigenvalue weighted by Crippen LogP contribution is -2.40. The highest BCUT2D eigenvalue weighted by Gasteiger charge is 2.16. The lowest BCUT2D eigenvalue weighted by Gasteiger charge is -2.12. The van der Waals surface area contributed by atoms with E-state index in [4.69, 9.17) is 0 Å². The number of thiophene rings is 1. The molecule has 4 heteroatoms. The predicted octanol–water partition coefficient (Wildman–Crippen LogP) is 2.80. The Kier molecular flexibility index (Phi) is 3.83. The van der Waals surface area contributed by atoms with Gasteiger partial charge in [0, 0.05) is 15.8 Å². The molecule has 0 aliphatic heterocycles. The van der Waals surface area contributed by atoms with Gasteiger partial charge in [-0.3, -0.25) is 0 Å². The molecule has 0 radical (unpaired) electrons. The smallest absolute Gasteiger partial charge is 0.315 e. The minimum atomic E-state index is -0.0297. The molecule has 1 aliphatic rings. The fourth-order valence-corrected chi connectivity index (χ4v) is 2.88. The minimum absolute atomic E-state index is 0.0297. The van der Waals surface area contributed by atoms with E-state index in [0.717, 1.165) is 12.8 Å². The maximum absolute atomic E-state index is 11.6. The van der Waals surface area contributed by atoms with Gasteiger partial charge in [0.25, 0.3) is 0 Å². The second-order valence-electron chi connectivity index (χ2n) is 4.32. The monoisotopic (exact) mass is 238 g/mol. The first-order valence-corrected chi connectivity index (χ1v) is 6.65. The summed E-state index contributed by atoms with van der Waals surface area (Å²) in [5.41, 5.74) is 0. The molecule has 88 valence electrons. The van der Waals surface area contributed by atoms with E-state index in [9.17, 15) is 4.79 Å². The molecule has 3 nitrogen and oxygen atoms in total. The second kappa shape index (κ2) is 5.34. The number of carbonyl (C=O) groups is 1. The topological polar surface area (TPSA) is 41.1 Å². The van der Waals surface area contributed by atoms with E-state index in [0.29, 0.717) is 12.6 Å². The zero-order valence-corrected chi connectivity index (χ0v) is 10.4. The van der Waals surface area contributed by atoms with Crippen molar-refractivity contribution in [3.8, 4) is 0 Å². The quantitative estimate of drug-likeness (QED) is 0.835. The van der Waals surface area contributed by atoms with Crippen LogP contribution in [0.15, 0.2) is 12.1 Å². The van der Waals surface area contributed by atoms with E-state index in [2.05, 4.69) is 29.7 Å². The Morgan fingerprint density at radius 1 is 1.44 bits per heavy atom. The molecule has 0 saturated heterocycles. The number of hydrogen-bond donors (Lipinski definition) is 2. The van der Waals surface area contributed by atoms with Gasteiger partial charge >= 0.3 is 6.03 Å². The number of amides is 2. The van der Waals surface area contributed by atoms with Crippen molar-refractivity contribution in [1.82, 2.24) is 10.6 Å². The molecule has 2 N–H and O–H groups in total. The third-order valence-corrected chi connectivity index (χ3v) is 3.91. The Morgan fingerprint density at radius 2 is 2.19 bits per heavy atom. The minimum Gasteiger partial charge on any atom is -0.335 e. The van der Waals surface area contributed by atoms with Crippen LogP contribution in [0.4, 0.5) is 4.79 Å². The van der Waals surface area contributed by atoms with E-state index in [1.807, 2.05) is 0 Å². The van der Waals surface area contributed by atoms with Gasteiger partial charge in [0.1, 0.15) is 0 Å². The highest BCUT2D eigenvalue weighted by Crippen LogP contribution is 2.17. The number of aryl methyl sites for hydroxylation is 1.